The van der Waals surface area contributed by atoms with E-state index in [9.17, 15) is 4.39 Å². The number of aromatic nitrogens is 5. The first-order valence-corrected chi connectivity index (χ1v) is 13.0. The molecule has 1 unspecified atom stereocenters. The molecule has 7 rings (SSSR count). The lowest BCUT2D eigenvalue weighted by molar-refractivity contribution is 0.417. The summed E-state index contributed by atoms with van der Waals surface area (Å²) in [7, 11) is 0. The van der Waals surface area contributed by atoms with Crippen molar-refractivity contribution in [3.05, 3.63) is 70.4 Å². The fourth-order valence-corrected chi connectivity index (χ4v) is 7.61. The predicted molar refractivity (Wildman–Crippen MR) is 136 cm³/mol. The van der Waals surface area contributed by atoms with Crippen LogP contribution >= 0.6 is 11.3 Å². The second-order valence-corrected chi connectivity index (χ2v) is 10.8. The third-order valence-corrected chi connectivity index (χ3v) is 9.40. The van der Waals surface area contributed by atoms with Gasteiger partial charge in [0.05, 0.1) is 5.69 Å². The smallest absolute Gasteiger partial charge is 0.156 e. The Kier molecular flexibility index (Phi) is 4.60. The zero-order valence-electron chi connectivity index (χ0n) is 19.3. The molecule has 0 amide bonds. The molecule has 0 saturated heterocycles. The summed E-state index contributed by atoms with van der Waals surface area (Å²) < 4.78 is 14.3. The van der Waals surface area contributed by atoms with Gasteiger partial charge >= 0.3 is 0 Å². The highest BCUT2D eigenvalue weighted by Crippen LogP contribution is 2.67. The van der Waals surface area contributed by atoms with Crippen molar-refractivity contribution in [3.63, 3.8) is 0 Å². The van der Waals surface area contributed by atoms with Crippen LogP contribution in [0, 0.1) is 24.6 Å². The van der Waals surface area contributed by atoms with Crippen LogP contribution in [0.1, 0.15) is 41.6 Å². The first kappa shape index (κ1) is 21.1. The number of pyridine rings is 1. The normalized spacial score (nSPS) is 25.7. The number of halogens is 1. The second kappa shape index (κ2) is 7.63. The Bertz CT molecular complexity index is 1590. The molecule has 8 heteroatoms. The summed E-state index contributed by atoms with van der Waals surface area (Å²) >= 11 is 1.76. The fraction of sp³-hybridized carbons (Fsp3) is 0.333. The molecule has 0 bridgehead atoms. The number of fused-ring (bicyclic) bond motifs is 3. The summed E-state index contributed by atoms with van der Waals surface area (Å²) in [6.07, 6.45) is 8.76. The number of thiazole rings is 1. The number of nitrogens with two attached hydrogens (primary N) is 1. The summed E-state index contributed by atoms with van der Waals surface area (Å²) in [5.74, 6) is 1.23. The Hall–Kier alpha value is -3.23. The summed E-state index contributed by atoms with van der Waals surface area (Å²) in [4.78, 5) is 22.2. The monoisotopic (exact) mass is 484 g/mol. The highest BCUT2D eigenvalue weighted by molar-refractivity contribution is 7.09. The highest BCUT2D eigenvalue weighted by Gasteiger charge is 2.67. The minimum atomic E-state index is -0.324. The van der Waals surface area contributed by atoms with E-state index in [2.05, 4.69) is 22.3 Å². The molecule has 2 aliphatic carbocycles. The predicted octanol–water partition coefficient (Wildman–Crippen LogP) is 5.49. The molecule has 35 heavy (non-hydrogen) atoms. The molecule has 1 aromatic carbocycles. The van der Waals surface area contributed by atoms with E-state index in [-0.39, 0.29) is 11.2 Å². The van der Waals surface area contributed by atoms with Crippen molar-refractivity contribution < 1.29 is 4.39 Å². The van der Waals surface area contributed by atoms with Gasteiger partial charge < -0.3 is 10.7 Å². The van der Waals surface area contributed by atoms with Crippen LogP contribution in [0.4, 0.5) is 4.39 Å². The molecule has 2 saturated carbocycles. The molecule has 4 atom stereocenters. The Balaban J connectivity index is 1.21. The topological polar surface area (TPSA) is 93.4 Å². The van der Waals surface area contributed by atoms with Crippen LogP contribution in [0.2, 0.25) is 0 Å². The molecule has 6 nitrogen and oxygen atoms in total. The van der Waals surface area contributed by atoms with Crippen LogP contribution in [-0.2, 0) is 5.41 Å². The quantitative estimate of drug-likeness (QED) is 0.352. The Labute approximate surface area is 205 Å². The Morgan fingerprint density at radius 2 is 2.03 bits per heavy atom. The largest absolute Gasteiger partial charge is 0.344 e. The molecule has 0 radical (unpaired) electrons. The van der Waals surface area contributed by atoms with Gasteiger partial charge in [-0.05, 0) is 55.7 Å². The van der Waals surface area contributed by atoms with Crippen molar-refractivity contribution in [1.82, 2.24) is 24.9 Å². The second-order valence-electron chi connectivity index (χ2n) is 9.95. The molecule has 5 aromatic rings. The van der Waals surface area contributed by atoms with E-state index in [1.54, 1.807) is 23.6 Å². The fourth-order valence-electron chi connectivity index (χ4n) is 6.47. The van der Waals surface area contributed by atoms with E-state index >= 15 is 0 Å². The third kappa shape index (κ3) is 3.02. The van der Waals surface area contributed by atoms with Gasteiger partial charge in [-0.15, -0.1) is 11.3 Å². The Morgan fingerprint density at radius 1 is 1.11 bits per heavy atom. The summed E-state index contributed by atoms with van der Waals surface area (Å²) in [5, 5.41) is 4.11. The van der Waals surface area contributed by atoms with Crippen LogP contribution in [0.25, 0.3) is 33.2 Å². The van der Waals surface area contributed by atoms with Crippen LogP contribution in [0.15, 0.2) is 48.2 Å². The van der Waals surface area contributed by atoms with Gasteiger partial charge in [0.25, 0.3) is 0 Å². The number of benzene rings is 1. The lowest BCUT2D eigenvalue weighted by Crippen LogP contribution is -2.24. The summed E-state index contributed by atoms with van der Waals surface area (Å²) in [6.45, 7) is 2.72. The van der Waals surface area contributed by atoms with E-state index < -0.39 is 0 Å². The van der Waals surface area contributed by atoms with Gasteiger partial charge in [-0.3, -0.25) is 9.97 Å². The molecule has 0 spiro atoms. The zero-order valence-corrected chi connectivity index (χ0v) is 20.1. The minimum Gasteiger partial charge on any atom is -0.344 e. The Morgan fingerprint density at radius 3 is 2.86 bits per heavy atom. The first-order valence-electron chi connectivity index (χ1n) is 12.1. The average molecular weight is 485 g/mol. The van der Waals surface area contributed by atoms with Gasteiger partial charge in [-0.1, -0.05) is 12.1 Å². The van der Waals surface area contributed by atoms with Crippen LogP contribution in [0.5, 0.6) is 0 Å². The molecule has 0 aliphatic heterocycles. The number of nitrogens with zero attached hydrogens (tertiary/aromatic N) is 4. The maximum atomic E-state index is 14.3. The molecule has 4 aromatic heterocycles. The summed E-state index contributed by atoms with van der Waals surface area (Å²) in [5.41, 5.74) is 12.2. The lowest BCUT2D eigenvalue weighted by atomic mass is 9.87. The van der Waals surface area contributed by atoms with Gasteiger partial charge in [0, 0.05) is 58.5 Å². The van der Waals surface area contributed by atoms with E-state index in [1.165, 1.54) is 11.1 Å². The number of rotatable bonds is 4. The zero-order chi connectivity index (χ0) is 23.7. The van der Waals surface area contributed by atoms with Gasteiger partial charge in [-0.2, -0.15) is 0 Å². The van der Waals surface area contributed by atoms with Crippen LogP contribution < -0.4 is 5.73 Å². The summed E-state index contributed by atoms with van der Waals surface area (Å²) in [6, 6.07) is 6.97. The van der Waals surface area contributed by atoms with Crippen molar-refractivity contribution in [1.29, 1.82) is 0 Å². The van der Waals surface area contributed by atoms with Crippen molar-refractivity contribution in [2.45, 2.75) is 37.5 Å². The van der Waals surface area contributed by atoms with E-state index in [0.717, 1.165) is 58.3 Å². The molecular weight excluding hydrogens is 459 g/mol. The van der Waals surface area contributed by atoms with Gasteiger partial charge in [0.1, 0.15) is 21.9 Å². The maximum absolute atomic E-state index is 14.3. The van der Waals surface area contributed by atoms with Crippen LogP contribution in [0.3, 0.4) is 0 Å². The standard InChI is InChI=1S/C27H25FN6S/c1-14-12-35-26(33-14)27(13-29)19-6-4-15(9-20(19)27)22-11-31-24-18(10-32-25(24)34-22)16-5-7-21(28)23-17(16)3-2-8-30-23/h2-3,5,7-8,10-12,15,19-20H,4,6,9,13,29H2,1H3,(H,32,34)/t15?,19-,20+,27+/m1/s1. The molecule has 4 heterocycles. The number of aromatic amines is 1. The molecule has 2 aliphatic rings. The number of nitrogens with one attached hydrogen (secondary N) is 1. The van der Waals surface area contributed by atoms with Crippen molar-refractivity contribution in [2.75, 3.05) is 6.54 Å². The van der Waals surface area contributed by atoms with Gasteiger partial charge in [0.15, 0.2) is 5.65 Å². The molecule has 3 N–H and O–H groups in total. The number of aryl methyl sites for hydroxylation is 1. The number of H-pyrrole nitrogens is 1. The first-order chi connectivity index (χ1) is 17.1. The third-order valence-electron chi connectivity index (χ3n) is 8.25. The van der Waals surface area contributed by atoms with Crippen LogP contribution in [-0.4, -0.2) is 31.5 Å². The molecule has 2 fully saturated rings. The van der Waals surface area contributed by atoms with Gasteiger partial charge in [-0.25, -0.2) is 14.4 Å². The SMILES string of the molecule is Cc1csc([C@@]2(CN)[C@@H]3CCC(c4cnc5c(-c6ccc(F)c7ncccc67)c[nH]c5n4)C[C@@H]32)n1. The number of hydrogen-bond donors (Lipinski definition) is 2. The van der Waals surface area contributed by atoms with E-state index in [4.69, 9.17) is 20.7 Å². The van der Waals surface area contributed by atoms with E-state index in [1.807, 2.05) is 24.5 Å². The molecular formula is C27H25FN6S. The minimum absolute atomic E-state index is 0.0441. The van der Waals surface area contributed by atoms with Gasteiger partial charge in [0.2, 0.25) is 0 Å². The van der Waals surface area contributed by atoms with Crippen molar-refractivity contribution >= 4 is 33.4 Å². The highest BCUT2D eigenvalue weighted by atomic mass is 32.1. The molecule has 176 valence electrons. The van der Waals surface area contributed by atoms with Crippen molar-refractivity contribution in [2.24, 2.45) is 17.6 Å². The van der Waals surface area contributed by atoms with Crippen molar-refractivity contribution in [3.8, 4) is 11.1 Å². The average Bonchev–Trinajstić information content (AvgIpc) is 3.13. The lowest BCUT2D eigenvalue weighted by Gasteiger charge is -2.20. The maximum Gasteiger partial charge on any atom is 0.156 e. The number of hydrogen-bond acceptors (Lipinski definition) is 6. The van der Waals surface area contributed by atoms with E-state index in [0.29, 0.717) is 29.8 Å².